The zero-order valence-corrected chi connectivity index (χ0v) is 14.2. The minimum absolute atomic E-state index is 0.223. The second-order valence-corrected chi connectivity index (χ2v) is 6.12. The first-order valence-electron chi connectivity index (χ1n) is 8.29. The molecule has 0 bridgehead atoms. The van der Waals surface area contributed by atoms with Crippen molar-refractivity contribution in [3.8, 4) is 0 Å². The van der Waals surface area contributed by atoms with Crippen molar-refractivity contribution in [3.63, 3.8) is 0 Å². The summed E-state index contributed by atoms with van der Waals surface area (Å²) >= 11 is 0. The second-order valence-electron chi connectivity index (χ2n) is 6.12. The fourth-order valence-corrected chi connectivity index (χ4v) is 2.92. The molecule has 0 unspecified atom stereocenters. The Morgan fingerprint density at radius 3 is 2.76 bits per heavy atom. The molecule has 0 saturated carbocycles. The Hall–Kier alpha value is -2.51. The third-order valence-electron chi connectivity index (χ3n) is 4.32. The van der Waals surface area contributed by atoms with Crippen molar-refractivity contribution in [2.24, 2.45) is 0 Å². The summed E-state index contributed by atoms with van der Waals surface area (Å²) < 4.78 is 7.09. The fourth-order valence-electron chi connectivity index (χ4n) is 2.92. The first-order chi connectivity index (χ1) is 12.0. The van der Waals surface area contributed by atoms with Crippen LogP contribution in [0.25, 0.3) is 0 Å². The van der Waals surface area contributed by atoms with E-state index in [1.165, 1.54) is 4.57 Å². The lowest BCUT2D eigenvalue weighted by Gasteiger charge is -2.16. The van der Waals surface area contributed by atoms with Gasteiger partial charge in [0.25, 0.3) is 5.91 Å². The van der Waals surface area contributed by atoms with Crippen molar-refractivity contribution in [1.29, 1.82) is 0 Å². The van der Waals surface area contributed by atoms with E-state index in [0.717, 1.165) is 0 Å². The Balaban J connectivity index is 1.81. The van der Waals surface area contributed by atoms with E-state index in [-0.39, 0.29) is 17.8 Å². The van der Waals surface area contributed by atoms with Crippen LogP contribution in [-0.4, -0.2) is 32.8 Å². The second kappa shape index (κ2) is 7.16. The Labute approximate surface area is 145 Å². The minimum Gasteiger partial charge on any atom is -0.390 e. The van der Waals surface area contributed by atoms with E-state index in [1.54, 1.807) is 37.4 Å². The number of anilines is 1. The molecule has 0 aliphatic carbocycles. The molecule has 7 heteroatoms. The number of ether oxygens (including phenoxy) is 1. The molecule has 2 aromatic rings. The molecule has 0 radical (unpaired) electrons. The van der Waals surface area contributed by atoms with Crippen molar-refractivity contribution in [3.05, 3.63) is 58.1 Å². The lowest BCUT2D eigenvalue weighted by atomic mass is 10.1. The molecule has 1 aromatic heterocycles. The highest BCUT2D eigenvalue weighted by atomic mass is 16.5. The number of rotatable bonds is 4. The number of nitrogens with zero attached hydrogens (tertiary/aromatic N) is 2. The molecule has 0 spiro atoms. The number of nitrogens with one attached hydrogen (secondary N) is 1. The van der Waals surface area contributed by atoms with Crippen LogP contribution in [0.15, 0.2) is 41.3 Å². The number of aliphatic hydroxyl groups is 1. The summed E-state index contributed by atoms with van der Waals surface area (Å²) in [5, 5.41) is 12.6. The van der Waals surface area contributed by atoms with Crippen LogP contribution in [-0.2, 0) is 4.74 Å². The third-order valence-corrected chi connectivity index (χ3v) is 4.32. The summed E-state index contributed by atoms with van der Waals surface area (Å²) in [6.45, 7) is 3.68. The molecule has 2 N–H and O–H groups in total. The largest absolute Gasteiger partial charge is 0.390 e. The van der Waals surface area contributed by atoms with Gasteiger partial charge in [0.15, 0.2) is 0 Å². The Kier molecular flexibility index (Phi) is 4.96. The smallest absolute Gasteiger partial charge is 0.351 e. The van der Waals surface area contributed by atoms with Crippen LogP contribution in [0.5, 0.6) is 0 Å². The number of aryl methyl sites for hydroxylation is 1. The summed E-state index contributed by atoms with van der Waals surface area (Å²) in [6, 6.07) is 8.72. The van der Waals surface area contributed by atoms with E-state index in [9.17, 15) is 14.7 Å². The number of hydrogen-bond donors (Lipinski definition) is 2. The van der Waals surface area contributed by atoms with Gasteiger partial charge in [0, 0.05) is 23.7 Å². The number of carbonyl (C=O) groups excluding carboxylic acids is 1. The molecule has 7 nitrogen and oxygen atoms in total. The maximum Gasteiger partial charge on any atom is 0.351 e. The summed E-state index contributed by atoms with van der Waals surface area (Å²) in [5.74, 6) is -0.104. The van der Waals surface area contributed by atoms with E-state index in [4.69, 9.17) is 4.74 Å². The van der Waals surface area contributed by atoms with Crippen molar-refractivity contribution in [1.82, 2.24) is 9.55 Å². The van der Waals surface area contributed by atoms with Gasteiger partial charge in [-0.15, -0.1) is 0 Å². The van der Waals surface area contributed by atoms with Gasteiger partial charge in [0.2, 0.25) is 0 Å². The molecule has 1 fully saturated rings. The van der Waals surface area contributed by atoms with Crippen molar-refractivity contribution in [2.75, 3.05) is 5.32 Å². The molecule has 1 aliphatic heterocycles. The number of benzene rings is 1. The van der Waals surface area contributed by atoms with E-state index in [1.807, 2.05) is 13.0 Å². The average molecular weight is 343 g/mol. The molecular formula is C18H21N3O4. The molecule has 25 heavy (non-hydrogen) atoms. The van der Waals surface area contributed by atoms with Crippen LogP contribution < -0.4 is 11.0 Å². The molecule has 1 aromatic carbocycles. The van der Waals surface area contributed by atoms with E-state index >= 15 is 0 Å². The van der Waals surface area contributed by atoms with Crippen LogP contribution in [0.3, 0.4) is 0 Å². The van der Waals surface area contributed by atoms with Gasteiger partial charge in [-0.05, 0) is 25.5 Å². The van der Waals surface area contributed by atoms with Gasteiger partial charge in [-0.1, -0.05) is 25.1 Å². The molecule has 2 heterocycles. The third kappa shape index (κ3) is 3.62. The van der Waals surface area contributed by atoms with Gasteiger partial charge >= 0.3 is 5.69 Å². The predicted molar refractivity (Wildman–Crippen MR) is 92.5 cm³/mol. The van der Waals surface area contributed by atoms with Gasteiger partial charge in [0.1, 0.15) is 12.0 Å². The summed E-state index contributed by atoms with van der Waals surface area (Å²) in [5.41, 5.74) is 0.603. The van der Waals surface area contributed by atoms with Crippen molar-refractivity contribution < 1.29 is 14.6 Å². The number of carbonyl (C=O) groups is 1. The zero-order chi connectivity index (χ0) is 18.0. The zero-order valence-electron chi connectivity index (χ0n) is 14.2. The van der Waals surface area contributed by atoms with Gasteiger partial charge in [-0.25, -0.2) is 4.79 Å². The van der Waals surface area contributed by atoms with E-state index < -0.39 is 18.0 Å². The lowest BCUT2D eigenvalue weighted by Crippen LogP contribution is -2.29. The number of aliphatic hydroxyl groups excluding tert-OH is 1. The molecule has 132 valence electrons. The molecular weight excluding hydrogens is 322 g/mol. The van der Waals surface area contributed by atoms with Crippen molar-refractivity contribution >= 4 is 11.7 Å². The van der Waals surface area contributed by atoms with Gasteiger partial charge in [0.05, 0.1) is 12.2 Å². The highest BCUT2D eigenvalue weighted by Gasteiger charge is 2.34. The van der Waals surface area contributed by atoms with Crippen LogP contribution in [0.1, 0.15) is 41.9 Å². The molecule has 1 aliphatic rings. The monoisotopic (exact) mass is 343 g/mol. The van der Waals surface area contributed by atoms with Crippen LogP contribution >= 0.6 is 0 Å². The number of hydrogen-bond acceptors (Lipinski definition) is 5. The lowest BCUT2D eigenvalue weighted by molar-refractivity contribution is -0.0217. The maximum atomic E-state index is 12.3. The summed E-state index contributed by atoms with van der Waals surface area (Å²) in [6.07, 6.45) is 1.19. The fraction of sp³-hybridized carbons (Fsp3) is 0.389. The van der Waals surface area contributed by atoms with Crippen molar-refractivity contribution in [2.45, 2.75) is 45.1 Å². The van der Waals surface area contributed by atoms with Crippen LogP contribution in [0.4, 0.5) is 5.82 Å². The molecule has 3 atom stereocenters. The first-order valence-corrected chi connectivity index (χ1v) is 8.29. The number of aromatic nitrogens is 2. The predicted octanol–water partition coefficient (Wildman–Crippen LogP) is 1.86. The SMILES string of the molecule is CC[C@H]1O[C@@H](n2cc(C)c(NC(=O)c3ccccc3)nc2=O)C[C@H]1O. The minimum atomic E-state index is -0.598. The normalized spacial score (nSPS) is 22.8. The van der Waals surface area contributed by atoms with Crippen LogP contribution in [0, 0.1) is 6.92 Å². The van der Waals surface area contributed by atoms with Gasteiger partial charge < -0.3 is 15.2 Å². The first kappa shape index (κ1) is 17.3. The van der Waals surface area contributed by atoms with Gasteiger partial charge in [-0.3, -0.25) is 9.36 Å². The average Bonchev–Trinajstić information content (AvgIpc) is 2.99. The quantitative estimate of drug-likeness (QED) is 0.884. The van der Waals surface area contributed by atoms with Gasteiger partial charge in [-0.2, -0.15) is 4.98 Å². The number of amides is 1. The maximum absolute atomic E-state index is 12.3. The topological polar surface area (TPSA) is 93.5 Å². The highest BCUT2D eigenvalue weighted by Crippen LogP contribution is 2.29. The van der Waals surface area contributed by atoms with E-state index in [2.05, 4.69) is 10.3 Å². The molecule has 1 saturated heterocycles. The summed E-state index contributed by atoms with van der Waals surface area (Å²) in [4.78, 5) is 28.5. The Morgan fingerprint density at radius 1 is 1.40 bits per heavy atom. The highest BCUT2D eigenvalue weighted by molar-refractivity contribution is 6.03. The van der Waals surface area contributed by atoms with E-state index in [0.29, 0.717) is 24.0 Å². The Morgan fingerprint density at radius 2 is 2.12 bits per heavy atom. The van der Waals surface area contributed by atoms with Crippen LogP contribution in [0.2, 0.25) is 0 Å². The molecule has 1 amide bonds. The summed E-state index contributed by atoms with van der Waals surface area (Å²) in [7, 11) is 0. The molecule has 3 rings (SSSR count). The standard InChI is InChI=1S/C18H21N3O4/c1-3-14-13(22)9-15(25-14)21-10-11(2)16(20-18(21)24)19-17(23)12-7-5-4-6-8-12/h4-8,10,13-15,22H,3,9H2,1-2H3,(H,19,20,23,24)/t13-,14-,15-/m1/s1. The Bertz CT molecular complexity index is 819.